The lowest BCUT2D eigenvalue weighted by atomic mass is 10.1. The predicted molar refractivity (Wildman–Crippen MR) is 91.1 cm³/mol. The topological polar surface area (TPSA) is 43.8 Å². The number of aryl methyl sites for hydroxylation is 1. The van der Waals surface area contributed by atoms with Crippen molar-refractivity contribution >= 4 is 29.0 Å². The second-order valence-corrected chi connectivity index (χ2v) is 7.05. The summed E-state index contributed by atoms with van der Waals surface area (Å²) < 4.78 is 2.10. The van der Waals surface area contributed by atoms with Crippen molar-refractivity contribution < 1.29 is 0 Å². The van der Waals surface area contributed by atoms with Crippen LogP contribution in [0, 0.1) is 0 Å². The molecule has 1 aromatic carbocycles. The fourth-order valence-corrected chi connectivity index (χ4v) is 3.05. The number of hydrogen-bond donors (Lipinski definition) is 1. The van der Waals surface area contributed by atoms with Crippen molar-refractivity contribution in [1.29, 1.82) is 0 Å². The van der Waals surface area contributed by atoms with Gasteiger partial charge in [0.15, 0.2) is 0 Å². The number of imidazole rings is 1. The molecule has 0 aliphatic heterocycles. The highest BCUT2D eigenvalue weighted by Gasteiger charge is 2.24. The van der Waals surface area contributed by atoms with Crippen LogP contribution in [0.3, 0.4) is 0 Å². The van der Waals surface area contributed by atoms with Gasteiger partial charge in [-0.2, -0.15) is 0 Å². The van der Waals surface area contributed by atoms with E-state index in [4.69, 9.17) is 33.9 Å². The minimum atomic E-state index is -0.123. The fraction of sp³-hybridized carbons (Fsp3) is 0.438. The lowest BCUT2D eigenvalue weighted by Gasteiger charge is -2.25. The first kappa shape index (κ1) is 16.2. The molecule has 2 N–H and O–H groups in total. The van der Waals surface area contributed by atoms with Crippen LogP contribution < -0.4 is 5.73 Å². The van der Waals surface area contributed by atoms with Crippen molar-refractivity contribution in [2.24, 2.45) is 0 Å². The molecule has 0 bridgehead atoms. The maximum Gasteiger partial charge on any atom is 0.132 e. The van der Waals surface area contributed by atoms with E-state index in [2.05, 4.69) is 32.3 Å². The number of nitrogens with two attached hydrogens (primary N) is 1. The smallest absolute Gasteiger partial charge is 0.132 e. The number of aromatic nitrogens is 2. The largest absolute Gasteiger partial charge is 0.383 e. The number of hydrogen-bond acceptors (Lipinski definition) is 2. The van der Waals surface area contributed by atoms with Crippen molar-refractivity contribution in [2.75, 3.05) is 5.73 Å². The van der Waals surface area contributed by atoms with Gasteiger partial charge in [-0.15, -0.1) is 0 Å². The van der Waals surface area contributed by atoms with Gasteiger partial charge in [0, 0.05) is 27.6 Å². The molecule has 0 amide bonds. The molecular weight excluding hydrogens is 305 g/mol. The maximum atomic E-state index is 6.37. The van der Waals surface area contributed by atoms with Crippen molar-refractivity contribution in [3.63, 3.8) is 0 Å². The van der Waals surface area contributed by atoms with Crippen LogP contribution >= 0.6 is 23.2 Å². The SMILES string of the molecule is CCCc1nc(-c2cc(Cl)cc(Cl)c2)c(N)n1C(C)(C)C. The summed E-state index contributed by atoms with van der Waals surface area (Å²) in [6.07, 6.45) is 1.90. The van der Waals surface area contributed by atoms with E-state index < -0.39 is 0 Å². The molecule has 5 heteroatoms. The zero-order valence-corrected chi connectivity index (χ0v) is 14.4. The summed E-state index contributed by atoms with van der Waals surface area (Å²) >= 11 is 12.2. The van der Waals surface area contributed by atoms with Gasteiger partial charge in [0.05, 0.1) is 0 Å². The van der Waals surface area contributed by atoms with Crippen molar-refractivity contribution in [3.05, 3.63) is 34.1 Å². The molecular formula is C16H21Cl2N3. The van der Waals surface area contributed by atoms with Crippen LogP contribution in [0.2, 0.25) is 10.0 Å². The minimum absolute atomic E-state index is 0.123. The van der Waals surface area contributed by atoms with E-state index in [9.17, 15) is 0 Å². The van der Waals surface area contributed by atoms with Crippen LogP contribution in [-0.4, -0.2) is 9.55 Å². The first-order chi connectivity index (χ1) is 9.74. The van der Waals surface area contributed by atoms with E-state index in [0.29, 0.717) is 15.9 Å². The van der Waals surface area contributed by atoms with Crippen LogP contribution in [0.1, 0.15) is 39.9 Å². The molecule has 0 saturated carbocycles. The van der Waals surface area contributed by atoms with E-state index in [-0.39, 0.29) is 5.54 Å². The summed E-state index contributed by atoms with van der Waals surface area (Å²) in [7, 11) is 0. The molecule has 1 heterocycles. The highest BCUT2D eigenvalue weighted by Crippen LogP contribution is 2.34. The molecule has 2 aromatic rings. The summed E-state index contributed by atoms with van der Waals surface area (Å²) in [5, 5.41) is 1.17. The van der Waals surface area contributed by atoms with E-state index in [1.165, 1.54) is 0 Å². The Morgan fingerprint density at radius 2 is 1.71 bits per heavy atom. The Morgan fingerprint density at radius 1 is 1.14 bits per heavy atom. The number of nitrogen functional groups attached to an aromatic ring is 1. The maximum absolute atomic E-state index is 6.37. The van der Waals surface area contributed by atoms with Crippen molar-refractivity contribution in [3.8, 4) is 11.3 Å². The van der Waals surface area contributed by atoms with Gasteiger partial charge >= 0.3 is 0 Å². The summed E-state index contributed by atoms with van der Waals surface area (Å²) in [6.45, 7) is 8.50. The summed E-state index contributed by atoms with van der Waals surface area (Å²) in [4.78, 5) is 4.74. The van der Waals surface area contributed by atoms with Gasteiger partial charge in [-0.3, -0.25) is 0 Å². The van der Waals surface area contributed by atoms with Gasteiger partial charge in [-0.1, -0.05) is 30.1 Å². The third-order valence-corrected chi connectivity index (χ3v) is 3.70. The molecule has 3 nitrogen and oxygen atoms in total. The Hall–Kier alpha value is -1.19. The molecule has 0 radical (unpaired) electrons. The molecule has 0 aliphatic rings. The van der Waals surface area contributed by atoms with E-state index in [1.54, 1.807) is 6.07 Å². The minimum Gasteiger partial charge on any atom is -0.383 e. The Labute approximate surface area is 136 Å². The highest BCUT2D eigenvalue weighted by molar-refractivity contribution is 6.35. The second-order valence-electron chi connectivity index (χ2n) is 6.18. The van der Waals surface area contributed by atoms with Gasteiger partial charge < -0.3 is 10.3 Å². The number of nitrogens with zero attached hydrogens (tertiary/aromatic N) is 2. The number of anilines is 1. The molecule has 0 atom stereocenters. The number of benzene rings is 1. The molecule has 114 valence electrons. The first-order valence-electron chi connectivity index (χ1n) is 7.08. The molecule has 0 saturated heterocycles. The zero-order chi connectivity index (χ0) is 15.8. The monoisotopic (exact) mass is 325 g/mol. The van der Waals surface area contributed by atoms with Gasteiger partial charge in [0.1, 0.15) is 17.3 Å². The van der Waals surface area contributed by atoms with Crippen molar-refractivity contribution in [2.45, 2.75) is 46.1 Å². The van der Waals surface area contributed by atoms with Crippen LogP contribution in [0.5, 0.6) is 0 Å². The van der Waals surface area contributed by atoms with Crippen LogP contribution in [0.15, 0.2) is 18.2 Å². The molecule has 0 fully saturated rings. The standard InChI is InChI=1S/C16H21Cl2N3/c1-5-6-13-20-14(15(19)21(13)16(2,3)4)10-7-11(17)9-12(18)8-10/h7-9H,5-6,19H2,1-4H3. The molecule has 1 aromatic heterocycles. The Morgan fingerprint density at radius 3 is 2.19 bits per heavy atom. The van der Waals surface area contributed by atoms with Crippen LogP contribution in [0.25, 0.3) is 11.3 Å². The second kappa shape index (κ2) is 5.90. The Balaban J connectivity index is 2.65. The average molecular weight is 326 g/mol. The van der Waals surface area contributed by atoms with Gasteiger partial charge in [-0.05, 0) is 45.4 Å². The summed E-state index contributed by atoms with van der Waals surface area (Å²) in [5.74, 6) is 1.65. The van der Waals surface area contributed by atoms with Crippen LogP contribution in [0.4, 0.5) is 5.82 Å². The zero-order valence-electron chi connectivity index (χ0n) is 12.9. The van der Waals surface area contributed by atoms with E-state index >= 15 is 0 Å². The third-order valence-electron chi connectivity index (χ3n) is 3.26. The summed E-state index contributed by atoms with van der Waals surface area (Å²) in [6, 6.07) is 5.39. The summed E-state index contributed by atoms with van der Waals surface area (Å²) in [5.41, 5.74) is 7.84. The molecule has 0 unspecified atom stereocenters. The molecule has 0 spiro atoms. The lowest BCUT2D eigenvalue weighted by Crippen LogP contribution is -2.25. The fourth-order valence-electron chi connectivity index (χ4n) is 2.52. The first-order valence-corrected chi connectivity index (χ1v) is 7.83. The Kier molecular flexibility index (Phi) is 4.54. The Bertz CT molecular complexity index is 634. The highest BCUT2D eigenvalue weighted by atomic mass is 35.5. The van der Waals surface area contributed by atoms with E-state index in [0.717, 1.165) is 29.9 Å². The van der Waals surface area contributed by atoms with Gasteiger partial charge in [-0.25, -0.2) is 4.98 Å². The third kappa shape index (κ3) is 3.35. The molecule has 2 rings (SSSR count). The predicted octanol–water partition coefficient (Wildman–Crippen LogP) is 5.15. The van der Waals surface area contributed by atoms with Crippen LogP contribution in [-0.2, 0) is 12.0 Å². The number of rotatable bonds is 3. The molecule has 21 heavy (non-hydrogen) atoms. The van der Waals surface area contributed by atoms with E-state index in [1.807, 2.05) is 12.1 Å². The van der Waals surface area contributed by atoms with Gasteiger partial charge in [0.25, 0.3) is 0 Å². The van der Waals surface area contributed by atoms with Gasteiger partial charge in [0.2, 0.25) is 0 Å². The van der Waals surface area contributed by atoms with Crippen molar-refractivity contribution in [1.82, 2.24) is 9.55 Å². The number of halogens is 2. The average Bonchev–Trinajstić information content (AvgIpc) is 2.65. The normalized spacial score (nSPS) is 11.9. The quantitative estimate of drug-likeness (QED) is 0.848. The lowest BCUT2D eigenvalue weighted by molar-refractivity contribution is 0.387. The molecule has 0 aliphatic carbocycles.